The third-order valence-electron chi connectivity index (χ3n) is 4.95. The van der Waals surface area contributed by atoms with Crippen LogP contribution in [-0.4, -0.2) is 5.16 Å². The van der Waals surface area contributed by atoms with Gasteiger partial charge in [-0.1, -0.05) is 91.9 Å². The SMILES string of the molecule is CCCCCC(CC)C(P)(CCCCC)CCCCC. The van der Waals surface area contributed by atoms with Gasteiger partial charge < -0.3 is 0 Å². The van der Waals surface area contributed by atoms with Gasteiger partial charge in [0.25, 0.3) is 0 Å². The lowest BCUT2D eigenvalue weighted by atomic mass is 9.78. The van der Waals surface area contributed by atoms with Crippen LogP contribution in [0.2, 0.25) is 0 Å². The van der Waals surface area contributed by atoms with E-state index in [0.717, 1.165) is 5.92 Å². The third-order valence-corrected chi connectivity index (χ3v) is 6.00. The minimum absolute atomic E-state index is 0.535. The highest BCUT2D eigenvalue weighted by atomic mass is 31.0. The fourth-order valence-corrected chi connectivity index (χ4v) is 4.29. The maximum atomic E-state index is 3.33. The molecule has 0 amide bonds. The largest absolute Gasteiger partial charge is 0.131 e. The van der Waals surface area contributed by atoms with Crippen LogP contribution >= 0.6 is 9.24 Å². The van der Waals surface area contributed by atoms with E-state index in [1.807, 2.05) is 0 Å². The van der Waals surface area contributed by atoms with E-state index in [2.05, 4.69) is 36.9 Å². The maximum Gasteiger partial charge on any atom is -0.0122 e. The molecule has 0 aromatic heterocycles. The van der Waals surface area contributed by atoms with E-state index in [4.69, 9.17) is 0 Å². The van der Waals surface area contributed by atoms with Crippen molar-refractivity contribution in [2.24, 2.45) is 5.92 Å². The Bertz CT molecular complexity index is 190. The van der Waals surface area contributed by atoms with Crippen LogP contribution in [0.15, 0.2) is 0 Å². The molecule has 0 aromatic carbocycles. The first-order valence-corrected chi connectivity index (χ1v) is 10.0. The van der Waals surface area contributed by atoms with Crippen LogP contribution in [-0.2, 0) is 0 Å². The second kappa shape index (κ2) is 13.1. The Kier molecular flexibility index (Phi) is 13.4. The van der Waals surface area contributed by atoms with Crippen molar-refractivity contribution < 1.29 is 0 Å². The summed E-state index contributed by atoms with van der Waals surface area (Å²) in [5.41, 5.74) is 0. The van der Waals surface area contributed by atoms with E-state index < -0.39 is 0 Å². The maximum absolute atomic E-state index is 3.33. The fraction of sp³-hybridized carbons (Fsp3) is 1.00. The summed E-state index contributed by atoms with van der Waals surface area (Å²) in [6, 6.07) is 0. The fourth-order valence-electron chi connectivity index (χ4n) is 3.48. The lowest BCUT2D eigenvalue weighted by Crippen LogP contribution is -2.31. The molecule has 0 rings (SSSR count). The predicted octanol–water partition coefficient (Wildman–Crippen LogP) is 7.37. The second-order valence-electron chi connectivity index (χ2n) is 6.75. The molecule has 2 atom stereocenters. The monoisotopic (exact) mass is 300 g/mol. The summed E-state index contributed by atoms with van der Waals surface area (Å²) in [6.07, 6.45) is 18.3. The molecule has 0 saturated heterocycles. The quantitative estimate of drug-likeness (QED) is 0.232. The molecule has 0 aliphatic rings. The molecule has 20 heavy (non-hydrogen) atoms. The minimum Gasteiger partial charge on any atom is -0.131 e. The molecular weight excluding hydrogens is 259 g/mol. The summed E-state index contributed by atoms with van der Waals surface area (Å²) in [5.74, 6) is 0.924. The lowest BCUT2D eigenvalue weighted by molar-refractivity contribution is 0.286. The van der Waals surface area contributed by atoms with Gasteiger partial charge in [0, 0.05) is 0 Å². The van der Waals surface area contributed by atoms with Gasteiger partial charge in [0.05, 0.1) is 0 Å². The molecule has 122 valence electrons. The van der Waals surface area contributed by atoms with Crippen LogP contribution < -0.4 is 0 Å². The Labute approximate surface area is 132 Å². The van der Waals surface area contributed by atoms with E-state index in [-0.39, 0.29) is 0 Å². The second-order valence-corrected chi connectivity index (χ2v) is 7.90. The molecule has 0 nitrogen and oxygen atoms in total. The van der Waals surface area contributed by atoms with Gasteiger partial charge in [-0.2, -0.15) is 0 Å². The summed E-state index contributed by atoms with van der Waals surface area (Å²) in [4.78, 5) is 0. The first-order valence-electron chi connectivity index (χ1n) is 9.43. The van der Waals surface area contributed by atoms with E-state index in [1.54, 1.807) is 0 Å². The molecule has 0 saturated carbocycles. The van der Waals surface area contributed by atoms with E-state index in [1.165, 1.54) is 83.5 Å². The van der Waals surface area contributed by atoms with Gasteiger partial charge in [0.1, 0.15) is 0 Å². The zero-order valence-electron chi connectivity index (χ0n) is 14.8. The Morgan fingerprint density at radius 3 is 1.55 bits per heavy atom. The zero-order chi connectivity index (χ0) is 15.3. The topological polar surface area (TPSA) is 0 Å². The van der Waals surface area contributed by atoms with Crippen LogP contribution in [0.3, 0.4) is 0 Å². The molecule has 0 N–H and O–H groups in total. The zero-order valence-corrected chi connectivity index (χ0v) is 16.0. The van der Waals surface area contributed by atoms with Crippen molar-refractivity contribution in [3.05, 3.63) is 0 Å². The number of hydrogen-bond donors (Lipinski definition) is 0. The van der Waals surface area contributed by atoms with Gasteiger partial charge in [-0.05, 0) is 30.3 Å². The third kappa shape index (κ3) is 8.66. The molecule has 0 aliphatic heterocycles. The highest BCUT2D eigenvalue weighted by Gasteiger charge is 2.31. The molecule has 1 heteroatoms. The van der Waals surface area contributed by atoms with E-state index in [9.17, 15) is 0 Å². The van der Waals surface area contributed by atoms with Gasteiger partial charge in [0.2, 0.25) is 0 Å². The first-order chi connectivity index (χ1) is 9.64. The van der Waals surface area contributed by atoms with E-state index >= 15 is 0 Å². The summed E-state index contributed by atoms with van der Waals surface area (Å²) >= 11 is 0. The molecule has 0 heterocycles. The molecule has 0 radical (unpaired) electrons. The van der Waals surface area contributed by atoms with Crippen LogP contribution in [0.1, 0.15) is 111 Å². The molecule has 0 aromatic rings. The highest BCUT2D eigenvalue weighted by Crippen LogP contribution is 2.42. The predicted molar refractivity (Wildman–Crippen MR) is 98.6 cm³/mol. The summed E-state index contributed by atoms with van der Waals surface area (Å²) in [5, 5.41) is 0.535. The summed E-state index contributed by atoms with van der Waals surface area (Å²) < 4.78 is 0. The van der Waals surface area contributed by atoms with Gasteiger partial charge >= 0.3 is 0 Å². The Morgan fingerprint density at radius 1 is 0.700 bits per heavy atom. The molecule has 0 bridgehead atoms. The van der Waals surface area contributed by atoms with Crippen molar-refractivity contribution in [1.29, 1.82) is 0 Å². The van der Waals surface area contributed by atoms with Gasteiger partial charge in [-0.3, -0.25) is 0 Å². The number of rotatable bonds is 14. The Morgan fingerprint density at radius 2 is 1.15 bits per heavy atom. The smallest absolute Gasteiger partial charge is 0.0122 e. The highest BCUT2D eigenvalue weighted by molar-refractivity contribution is 7.19. The minimum atomic E-state index is 0.535. The molecule has 0 spiro atoms. The van der Waals surface area contributed by atoms with Crippen molar-refractivity contribution in [1.82, 2.24) is 0 Å². The van der Waals surface area contributed by atoms with Crippen LogP contribution in [0.5, 0.6) is 0 Å². The van der Waals surface area contributed by atoms with Crippen molar-refractivity contribution in [2.45, 2.75) is 116 Å². The number of hydrogen-bond acceptors (Lipinski definition) is 0. The number of unbranched alkanes of at least 4 members (excludes halogenated alkanes) is 6. The van der Waals surface area contributed by atoms with Crippen LogP contribution in [0.25, 0.3) is 0 Å². The average Bonchev–Trinajstić information content (AvgIpc) is 2.44. The average molecular weight is 301 g/mol. The van der Waals surface area contributed by atoms with Crippen molar-refractivity contribution in [2.75, 3.05) is 0 Å². The van der Waals surface area contributed by atoms with Gasteiger partial charge in [0.15, 0.2) is 0 Å². The molecule has 0 fully saturated rings. The van der Waals surface area contributed by atoms with Crippen molar-refractivity contribution >= 4 is 9.24 Å². The van der Waals surface area contributed by atoms with Crippen LogP contribution in [0, 0.1) is 5.92 Å². The molecule has 2 unspecified atom stereocenters. The molecular formula is C19H41P. The van der Waals surface area contributed by atoms with Gasteiger partial charge in [-0.25, -0.2) is 0 Å². The van der Waals surface area contributed by atoms with Gasteiger partial charge in [-0.15, -0.1) is 9.24 Å². The normalized spacial score (nSPS) is 13.7. The summed E-state index contributed by atoms with van der Waals surface area (Å²) in [7, 11) is 3.33. The summed E-state index contributed by atoms with van der Waals surface area (Å²) in [6.45, 7) is 9.37. The first kappa shape index (κ1) is 20.4. The van der Waals surface area contributed by atoms with Crippen molar-refractivity contribution in [3.63, 3.8) is 0 Å². The molecule has 0 aliphatic carbocycles. The lowest BCUT2D eigenvalue weighted by Gasteiger charge is -2.38. The standard InChI is InChI=1S/C19H41P/c1-5-9-12-15-18(8-4)19(20,16-13-10-6-2)17-14-11-7-3/h18H,5-17,20H2,1-4H3. The van der Waals surface area contributed by atoms with Crippen LogP contribution in [0.4, 0.5) is 0 Å². The van der Waals surface area contributed by atoms with E-state index in [0.29, 0.717) is 5.16 Å². The Hall–Kier alpha value is 0.430. The van der Waals surface area contributed by atoms with Crippen molar-refractivity contribution in [3.8, 4) is 0 Å². The Balaban J connectivity index is 4.48.